The Labute approximate surface area is 204 Å². The van der Waals surface area contributed by atoms with Crippen LogP contribution in [0.15, 0.2) is 57.5 Å². The molecule has 0 bridgehead atoms. The van der Waals surface area contributed by atoms with Crippen molar-refractivity contribution in [3.8, 4) is 21.6 Å². The van der Waals surface area contributed by atoms with Crippen LogP contribution < -0.4 is 9.80 Å². The van der Waals surface area contributed by atoms with E-state index in [4.69, 9.17) is 9.47 Å². The zero-order valence-electron chi connectivity index (χ0n) is 17.2. The molecule has 0 amide bonds. The van der Waals surface area contributed by atoms with Gasteiger partial charge in [0.2, 0.25) is 0 Å². The van der Waals surface area contributed by atoms with Crippen molar-refractivity contribution < 1.29 is 9.47 Å². The first-order valence-electron chi connectivity index (χ1n) is 10.5. The van der Waals surface area contributed by atoms with Crippen molar-refractivity contribution in [3.05, 3.63) is 57.5 Å². The summed E-state index contributed by atoms with van der Waals surface area (Å²) in [5, 5.41) is 1.34. The maximum Gasteiger partial charge on any atom is 0.102 e. The van der Waals surface area contributed by atoms with Gasteiger partial charge < -0.3 is 19.3 Å². The Morgan fingerprint density at radius 1 is 0.645 bits per heavy atom. The van der Waals surface area contributed by atoms with Crippen molar-refractivity contribution in [1.82, 2.24) is 0 Å². The summed E-state index contributed by atoms with van der Waals surface area (Å²) in [7, 11) is 0. The van der Waals surface area contributed by atoms with Crippen LogP contribution in [-0.2, 0) is 9.47 Å². The summed E-state index contributed by atoms with van der Waals surface area (Å²) in [5.41, 5.74) is 5.18. The largest absolute Gasteiger partial charge is 0.378 e. The molecule has 2 aromatic carbocycles. The number of anilines is 2. The SMILES string of the molecule is Brc1ccc(-c2sc(N3CCOCC3)c(-c3ccc(Br)cc3)c2N2CCOCC2)cc1. The van der Waals surface area contributed by atoms with E-state index in [2.05, 4.69) is 90.2 Å². The van der Waals surface area contributed by atoms with Gasteiger partial charge in [0.05, 0.1) is 37.0 Å². The molecule has 3 heterocycles. The van der Waals surface area contributed by atoms with Crippen LogP contribution >= 0.6 is 43.2 Å². The van der Waals surface area contributed by atoms with Gasteiger partial charge in [-0.15, -0.1) is 11.3 Å². The minimum atomic E-state index is 0.766. The molecule has 0 radical (unpaired) electrons. The number of nitrogens with zero attached hydrogens (tertiary/aromatic N) is 2. The average Bonchev–Trinajstić information content (AvgIpc) is 3.22. The van der Waals surface area contributed by atoms with Crippen molar-refractivity contribution in [2.45, 2.75) is 0 Å². The summed E-state index contributed by atoms with van der Waals surface area (Å²) < 4.78 is 13.5. The lowest BCUT2D eigenvalue weighted by molar-refractivity contribution is 0.122. The first-order valence-corrected chi connectivity index (χ1v) is 12.9. The van der Waals surface area contributed by atoms with Crippen molar-refractivity contribution in [3.63, 3.8) is 0 Å². The smallest absolute Gasteiger partial charge is 0.102 e. The van der Waals surface area contributed by atoms with Gasteiger partial charge in [0.15, 0.2) is 0 Å². The lowest BCUT2D eigenvalue weighted by atomic mass is 10.0. The minimum absolute atomic E-state index is 0.766. The van der Waals surface area contributed by atoms with E-state index in [1.807, 2.05) is 11.3 Å². The Hall–Kier alpha value is -1.38. The number of hydrogen-bond acceptors (Lipinski definition) is 5. The second kappa shape index (κ2) is 9.63. The van der Waals surface area contributed by atoms with Gasteiger partial charge >= 0.3 is 0 Å². The summed E-state index contributed by atoms with van der Waals surface area (Å²) in [6, 6.07) is 17.4. The molecule has 0 spiro atoms. The highest BCUT2D eigenvalue weighted by atomic mass is 79.9. The molecule has 2 aliphatic heterocycles. The Morgan fingerprint density at radius 3 is 1.68 bits per heavy atom. The van der Waals surface area contributed by atoms with E-state index < -0.39 is 0 Å². The van der Waals surface area contributed by atoms with Gasteiger partial charge in [-0.05, 0) is 35.4 Å². The normalized spacial score (nSPS) is 17.2. The fraction of sp³-hybridized carbons (Fsp3) is 0.333. The number of ether oxygens (including phenoxy) is 2. The van der Waals surface area contributed by atoms with Crippen LogP contribution in [0.25, 0.3) is 21.6 Å². The van der Waals surface area contributed by atoms with Gasteiger partial charge in [-0.25, -0.2) is 0 Å². The highest BCUT2D eigenvalue weighted by Crippen LogP contribution is 2.53. The molecule has 31 heavy (non-hydrogen) atoms. The summed E-state index contributed by atoms with van der Waals surface area (Å²) in [6.07, 6.45) is 0. The predicted molar refractivity (Wildman–Crippen MR) is 137 cm³/mol. The van der Waals surface area contributed by atoms with Crippen molar-refractivity contribution in [2.24, 2.45) is 0 Å². The predicted octanol–water partition coefficient (Wildman–Crippen LogP) is 6.28. The zero-order valence-corrected chi connectivity index (χ0v) is 21.1. The third-order valence-corrected chi connectivity index (χ3v) is 8.08. The lowest BCUT2D eigenvalue weighted by Crippen LogP contribution is -2.37. The topological polar surface area (TPSA) is 24.9 Å². The van der Waals surface area contributed by atoms with Crippen LogP contribution in [0, 0.1) is 0 Å². The maximum atomic E-state index is 5.69. The second-order valence-electron chi connectivity index (χ2n) is 7.67. The van der Waals surface area contributed by atoms with E-state index in [1.54, 1.807) is 0 Å². The van der Waals surface area contributed by atoms with E-state index in [9.17, 15) is 0 Å². The number of halogens is 2. The average molecular weight is 564 g/mol. The molecular weight excluding hydrogens is 540 g/mol. The van der Waals surface area contributed by atoms with Gasteiger partial charge in [-0.2, -0.15) is 0 Å². The molecule has 7 heteroatoms. The van der Waals surface area contributed by atoms with Crippen LogP contribution in [0.4, 0.5) is 10.7 Å². The van der Waals surface area contributed by atoms with Gasteiger partial charge in [0.1, 0.15) is 5.00 Å². The molecule has 4 nitrogen and oxygen atoms in total. The van der Waals surface area contributed by atoms with Gasteiger partial charge in [0.25, 0.3) is 0 Å². The maximum absolute atomic E-state index is 5.69. The Morgan fingerprint density at radius 2 is 1.13 bits per heavy atom. The number of hydrogen-bond donors (Lipinski definition) is 0. The first-order chi connectivity index (χ1) is 15.2. The summed E-state index contributed by atoms with van der Waals surface area (Å²) in [6.45, 7) is 6.75. The molecule has 0 unspecified atom stereocenters. The van der Waals surface area contributed by atoms with Gasteiger partial charge in [0, 0.05) is 40.7 Å². The van der Waals surface area contributed by atoms with Crippen molar-refractivity contribution in [1.29, 1.82) is 0 Å². The summed E-state index contributed by atoms with van der Waals surface area (Å²) >= 11 is 9.10. The monoisotopic (exact) mass is 562 g/mol. The van der Waals surface area contributed by atoms with E-state index in [0.717, 1.165) is 61.6 Å². The molecular formula is C24H24Br2N2O2S. The van der Waals surface area contributed by atoms with E-state index in [-0.39, 0.29) is 0 Å². The Balaban J connectivity index is 1.73. The molecule has 5 rings (SSSR count). The van der Waals surface area contributed by atoms with Crippen molar-refractivity contribution >= 4 is 53.9 Å². The van der Waals surface area contributed by atoms with E-state index in [1.165, 1.54) is 32.3 Å². The van der Waals surface area contributed by atoms with Crippen LogP contribution in [0.5, 0.6) is 0 Å². The Kier molecular flexibility index (Phi) is 6.67. The summed E-state index contributed by atoms with van der Waals surface area (Å²) in [5.74, 6) is 0. The second-order valence-corrected chi connectivity index (χ2v) is 10.5. The molecule has 2 aliphatic rings. The fourth-order valence-corrected chi connectivity index (χ4v) is 6.09. The molecule has 3 aromatic rings. The molecule has 0 atom stereocenters. The lowest BCUT2D eigenvalue weighted by Gasteiger charge is -2.32. The molecule has 2 saturated heterocycles. The molecule has 0 saturated carbocycles. The third-order valence-electron chi connectivity index (χ3n) is 5.73. The number of rotatable bonds is 4. The summed E-state index contributed by atoms with van der Waals surface area (Å²) in [4.78, 5) is 6.34. The fourth-order valence-electron chi connectivity index (χ4n) is 4.16. The van der Waals surface area contributed by atoms with Crippen molar-refractivity contribution in [2.75, 3.05) is 62.4 Å². The molecule has 1 aromatic heterocycles. The highest BCUT2D eigenvalue weighted by molar-refractivity contribution is 9.10. The number of thiophene rings is 1. The van der Waals surface area contributed by atoms with Crippen LogP contribution in [0.2, 0.25) is 0 Å². The molecule has 2 fully saturated rings. The molecule has 162 valence electrons. The molecule has 0 N–H and O–H groups in total. The van der Waals surface area contributed by atoms with Gasteiger partial charge in [-0.3, -0.25) is 0 Å². The standard InChI is InChI=1S/C24H24Br2N2O2S/c25-19-5-1-17(2-6-19)21-22(27-9-13-29-14-10-27)23(18-3-7-20(26)8-4-18)31-24(21)28-11-15-30-16-12-28/h1-8H,9-16H2. The highest BCUT2D eigenvalue weighted by Gasteiger charge is 2.29. The van der Waals surface area contributed by atoms with Gasteiger partial charge in [-0.1, -0.05) is 56.1 Å². The number of benzene rings is 2. The van der Waals surface area contributed by atoms with E-state index >= 15 is 0 Å². The third kappa shape index (κ3) is 4.57. The van der Waals surface area contributed by atoms with E-state index in [0.29, 0.717) is 0 Å². The quantitative estimate of drug-likeness (QED) is 0.373. The van der Waals surface area contributed by atoms with Crippen LogP contribution in [0.1, 0.15) is 0 Å². The minimum Gasteiger partial charge on any atom is -0.378 e. The Bertz CT molecular complexity index is 1020. The first kappa shape index (κ1) is 21.5. The van der Waals surface area contributed by atoms with Crippen LogP contribution in [0.3, 0.4) is 0 Å². The molecule has 0 aliphatic carbocycles. The van der Waals surface area contributed by atoms with Crippen LogP contribution in [-0.4, -0.2) is 52.6 Å². The number of morpholine rings is 2. The zero-order chi connectivity index (χ0) is 21.2.